The van der Waals surface area contributed by atoms with E-state index >= 15 is 0 Å². The molecule has 2 aromatic carbocycles. The molecule has 0 aromatic heterocycles. The van der Waals surface area contributed by atoms with E-state index in [2.05, 4.69) is 31.9 Å². The van der Waals surface area contributed by atoms with Crippen LogP contribution < -0.4 is 4.74 Å². The van der Waals surface area contributed by atoms with Crippen molar-refractivity contribution in [2.45, 2.75) is 19.2 Å². The molecule has 0 aliphatic heterocycles. The first-order valence-electron chi connectivity index (χ1n) is 6.20. The Labute approximate surface area is 139 Å². The standard InChI is InChI=1S/C15H13Br2NO3/c1-9-5-10(2)15(7-13(9)18(19)20)21-14-4-3-12(17)6-11(14)8-16/h3-7H,8H2,1-2H3. The Morgan fingerprint density at radius 1 is 1.14 bits per heavy atom. The minimum atomic E-state index is -0.394. The van der Waals surface area contributed by atoms with Crippen LogP contribution in [0, 0.1) is 24.0 Å². The zero-order valence-corrected chi connectivity index (χ0v) is 14.7. The fourth-order valence-electron chi connectivity index (χ4n) is 2.00. The summed E-state index contributed by atoms with van der Waals surface area (Å²) in [5.74, 6) is 1.17. The molecule has 2 rings (SSSR count). The van der Waals surface area contributed by atoms with Crippen LogP contribution in [-0.4, -0.2) is 4.92 Å². The first kappa shape index (κ1) is 16.0. The average Bonchev–Trinajstić information content (AvgIpc) is 2.42. The molecular formula is C15H13Br2NO3. The van der Waals surface area contributed by atoms with Crippen LogP contribution >= 0.6 is 31.9 Å². The van der Waals surface area contributed by atoms with Crippen LogP contribution in [0.4, 0.5) is 5.69 Å². The third kappa shape index (κ3) is 3.63. The quantitative estimate of drug-likeness (QED) is 0.368. The molecule has 0 heterocycles. The van der Waals surface area contributed by atoms with Gasteiger partial charge in [0.25, 0.3) is 5.69 Å². The Morgan fingerprint density at radius 2 is 1.86 bits per heavy atom. The zero-order chi connectivity index (χ0) is 15.6. The van der Waals surface area contributed by atoms with Crippen molar-refractivity contribution in [2.75, 3.05) is 0 Å². The minimum Gasteiger partial charge on any atom is -0.457 e. The van der Waals surface area contributed by atoms with Crippen LogP contribution in [0.3, 0.4) is 0 Å². The number of ether oxygens (including phenoxy) is 1. The molecule has 0 N–H and O–H groups in total. The second-order valence-electron chi connectivity index (χ2n) is 4.65. The van der Waals surface area contributed by atoms with Crippen LogP contribution in [0.1, 0.15) is 16.7 Å². The van der Waals surface area contributed by atoms with Gasteiger partial charge in [0.05, 0.1) is 11.0 Å². The van der Waals surface area contributed by atoms with E-state index in [-0.39, 0.29) is 5.69 Å². The van der Waals surface area contributed by atoms with Crippen molar-refractivity contribution in [1.29, 1.82) is 0 Å². The molecule has 6 heteroatoms. The van der Waals surface area contributed by atoms with Crippen molar-refractivity contribution in [1.82, 2.24) is 0 Å². The van der Waals surface area contributed by atoms with Gasteiger partial charge in [-0.25, -0.2) is 0 Å². The summed E-state index contributed by atoms with van der Waals surface area (Å²) in [7, 11) is 0. The number of nitro benzene ring substituents is 1. The van der Waals surface area contributed by atoms with Gasteiger partial charge in [-0.05, 0) is 43.7 Å². The summed E-state index contributed by atoms with van der Waals surface area (Å²) < 4.78 is 6.83. The number of rotatable bonds is 4. The van der Waals surface area contributed by atoms with Crippen LogP contribution in [0.2, 0.25) is 0 Å². The summed E-state index contributed by atoms with van der Waals surface area (Å²) in [6.07, 6.45) is 0. The summed E-state index contributed by atoms with van der Waals surface area (Å²) >= 11 is 6.83. The van der Waals surface area contributed by atoms with E-state index in [9.17, 15) is 10.1 Å². The molecule has 0 atom stereocenters. The SMILES string of the molecule is Cc1cc(C)c([N+](=O)[O-])cc1Oc1ccc(Br)cc1CBr. The summed E-state index contributed by atoms with van der Waals surface area (Å²) in [5, 5.41) is 11.7. The first-order chi connectivity index (χ1) is 9.92. The highest BCUT2D eigenvalue weighted by molar-refractivity contribution is 9.10. The number of aryl methyl sites for hydroxylation is 2. The van der Waals surface area contributed by atoms with Gasteiger partial charge in [-0.1, -0.05) is 31.9 Å². The Hall–Kier alpha value is -1.40. The van der Waals surface area contributed by atoms with E-state index in [1.54, 1.807) is 13.0 Å². The summed E-state index contributed by atoms with van der Waals surface area (Å²) in [5.41, 5.74) is 2.52. The Balaban J connectivity index is 2.44. The van der Waals surface area contributed by atoms with Crippen molar-refractivity contribution < 1.29 is 9.66 Å². The largest absolute Gasteiger partial charge is 0.457 e. The molecule has 0 amide bonds. The molecule has 0 fully saturated rings. The third-order valence-electron chi connectivity index (χ3n) is 3.08. The summed E-state index contributed by atoms with van der Waals surface area (Å²) in [6.45, 7) is 3.59. The number of alkyl halides is 1. The van der Waals surface area contributed by atoms with E-state index in [0.717, 1.165) is 15.6 Å². The molecule has 0 saturated carbocycles. The first-order valence-corrected chi connectivity index (χ1v) is 8.11. The second-order valence-corrected chi connectivity index (χ2v) is 6.13. The van der Waals surface area contributed by atoms with E-state index in [1.165, 1.54) is 6.07 Å². The number of halogens is 2. The molecule has 110 valence electrons. The van der Waals surface area contributed by atoms with Gasteiger partial charge >= 0.3 is 0 Å². The normalized spacial score (nSPS) is 10.5. The molecule has 0 saturated heterocycles. The lowest BCUT2D eigenvalue weighted by Crippen LogP contribution is -1.96. The predicted molar refractivity (Wildman–Crippen MR) is 89.4 cm³/mol. The smallest absolute Gasteiger partial charge is 0.276 e. The Kier molecular flexibility index (Phi) is 5.00. The van der Waals surface area contributed by atoms with Crippen molar-refractivity contribution in [3.8, 4) is 11.5 Å². The molecule has 4 nitrogen and oxygen atoms in total. The van der Waals surface area contributed by atoms with Gasteiger partial charge < -0.3 is 4.74 Å². The van der Waals surface area contributed by atoms with Crippen molar-refractivity contribution in [2.24, 2.45) is 0 Å². The van der Waals surface area contributed by atoms with Gasteiger partial charge in [0, 0.05) is 20.9 Å². The Bertz CT molecular complexity index is 702. The zero-order valence-electron chi connectivity index (χ0n) is 11.5. The average molecular weight is 415 g/mol. The maximum absolute atomic E-state index is 11.0. The van der Waals surface area contributed by atoms with Crippen molar-refractivity contribution in [3.05, 3.63) is 61.6 Å². The van der Waals surface area contributed by atoms with E-state index in [1.807, 2.05) is 25.1 Å². The van der Waals surface area contributed by atoms with E-state index in [4.69, 9.17) is 4.74 Å². The molecule has 0 aliphatic carbocycles. The maximum atomic E-state index is 11.0. The lowest BCUT2D eigenvalue weighted by atomic mass is 10.1. The van der Waals surface area contributed by atoms with E-state index < -0.39 is 4.92 Å². The fourth-order valence-corrected chi connectivity index (χ4v) is 2.85. The van der Waals surface area contributed by atoms with Gasteiger partial charge in [-0.2, -0.15) is 0 Å². The number of hydrogen-bond acceptors (Lipinski definition) is 3. The topological polar surface area (TPSA) is 52.4 Å². The molecule has 2 aromatic rings. The van der Waals surface area contributed by atoms with Gasteiger partial charge in [0.2, 0.25) is 0 Å². The van der Waals surface area contributed by atoms with Crippen LogP contribution in [-0.2, 0) is 5.33 Å². The molecule has 0 spiro atoms. The molecule has 0 bridgehead atoms. The van der Waals surface area contributed by atoms with Crippen LogP contribution in [0.5, 0.6) is 11.5 Å². The molecule has 21 heavy (non-hydrogen) atoms. The molecular weight excluding hydrogens is 402 g/mol. The van der Waals surface area contributed by atoms with Crippen molar-refractivity contribution in [3.63, 3.8) is 0 Å². The van der Waals surface area contributed by atoms with Crippen LogP contribution in [0.25, 0.3) is 0 Å². The maximum Gasteiger partial charge on any atom is 0.276 e. The lowest BCUT2D eigenvalue weighted by Gasteiger charge is -2.13. The van der Waals surface area contributed by atoms with Gasteiger partial charge in [0.1, 0.15) is 11.5 Å². The minimum absolute atomic E-state index is 0.0631. The second kappa shape index (κ2) is 6.58. The summed E-state index contributed by atoms with van der Waals surface area (Å²) in [6, 6.07) is 8.90. The molecule has 0 aliphatic rings. The monoisotopic (exact) mass is 413 g/mol. The lowest BCUT2D eigenvalue weighted by molar-refractivity contribution is -0.385. The molecule has 0 radical (unpaired) electrons. The number of hydrogen-bond donors (Lipinski definition) is 0. The van der Waals surface area contributed by atoms with E-state index in [0.29, 0.717) is 22.4 Å². The van der Waals surface area contributed by atoms with Gasteiger partial charge in [-0.3, -0.25) is 10.1 Å². The van der Waals surface area contributed by atoms with Crippen molar-refractivity contribution >= 4 is 37.5 Å². The predicted octanol–water partition coefficient (Wildman–Crippen LogP) is 5.66. The number of benzene rings is 2. The summed E-state index contributed by atoms with van der Waals surface area (Å²) in [4.78, 5) is 10.6. The Morgan fingerprint density at radius 3 is 2.48 bits per heavy atom. The van der Waals surface area contributed by atoms with Gasteiger partial charge in [0.15, 0.2) is 0 Å². The highest BCUT2D eigenvalue weighted by atomic mass is 79.9. The van der Waals surface area contributed by atoms with Gasteiger partial charge in [-0.15, -0.1) is 0 Å². The molecule has 0 unspecified atom stereocenters. The van der Waals surface area contributed by atoms with Crippen LogP contribution in [0.15, 0.2) is 34.8 Å². The highest BCUT2D eigenvalue weighted by Gasteiger charge is 2.16. The third-order valence-corrected chi connectivity index (χ3v) is 4.17. The number of nitrogens with zero attached hydrogens (tertiary/aromatic N) is 1. The fraction of sp³-hybridized carbons (Fsp3) is 0.200. The highest BCUT2D eigenvalue weighted by Crippen LogP contribution is 2.34. The number of nitro groups is 1.